The van der Waals surface area contributed by atoms with Crippen LogP contribution in [0, 0.1) is 12.7 Å². The average molecular weight is 525 g/mol. The number of aromatic nitrogens is 1. The number of allylic oxidation sites excluding steroid dienone is 1. The molecule has 0 bridgehead atoms. The molecule has 1 aromatic heterocycles. The maximum Gasteiger partial charge on any atom is 0.409 e. The number of pyridine rings is 1. The smallest absolute Gasteiger partial charge is 0.409 e. The van der Waals surface area contributed by atoms with E-state index in [4.69, 9.17) is 14.6 Å². The first-order valence-corrected chi connectivity index (χ1v) is 11.8. The number of anilines is 2. The molecule has 2 N–H and O–H groups in total. The summed E-state index contributed by atoms with van der Waals surface area (Å²) >= 11 is 0. The van der Waals surface area contributed by atoms with Crippen LogP contribution >= 0.6 is 0 Å². The Hall–Kier alpha value is -3.38. The third kappa shape index (κ3) is 6.89. The monoisotopic (exact) mass is 524 g/mol. The molecule has 12 heteroatoms. The number of carbonyl (C=O) groups is 1. The van der Waals surface area contributed by atoms with Crippen molar-refractivity contribution < 1.29 is 36.9 Å². The fourth-order valence-electron chi connectivity index (χ4n) is 4.30. The number of rotatable bonds is 6. The van der Waals surface area contributed by atoms with E-state index in [1.54, 1.807) is 13.0 Å². The number of morpholine rings is 1. The van der Waals surface area contributed by atoms with E-state index in [0.717, 1.165) is 0 Å². The van der Waals surface area contributed by atoms with Crippen molar-refractivity contribution in [3.8, 4) is 17.0 Å². The van der Waals surface area contributed by atoms with Gasteiger partial charge in [-0.3, -0.25) is 0 Å². The van der Waals surface area contributed by atoms with Gasteiger partial charge in [-0.1, -0.05) is 0 Å². The van der Waals surface area contributed by atoms with E-state index < -0.39 is 18.0 Å². The molecule has 2 fully saturated rings. The van der Waals surface area contributed by atoms with Crippen LogP contribution in [0.15, 0.2) is 35.9 Å². The van der Waals surface area contributed by atoms with Gasteiger partial charge in [0.25, 0.3) is 0 Å². The van der Waals surface area contributed by atoms with Crippen molar-refractivity contribution in [1.29, 1.82) is 0 Å². The van der Waals surface area contributed by atoms with Gasteiger partial charge in [0.2, 0.25) is 5.88 Å². The lowest BCUT2D eigenvalue weighted by molar-refractivity contribution is -0.0806. The third-order valence-corrected chi connectivity index (χ3v) is 6.08. The first-order chi connectivity index (χ1) is 17.6. The van der Waals surface area contributed by atoms with Crippen molar-refractivity contribution in [3.63, 3.8) is 0 Å². The molecule has 2 saturated heterocycles. The van der Waals surface area contributed by atoms with Gasteiger partial charge < -0.3 is 29.7 Å². The highest BCUT2D eigenvalue weighted by atomic mass is 19.4. The molecule has 200 valence electrons. The van der Waals surface area contributed by atoms with Gasteiger partial charge in [-0.05, 0) is 53.8 Å². The lowest BCUT2D eigenvalue weighted by atomic mass is 10.00. The zero-order valence-corrected chi connectivity index (χ0v) is 20.3. The first-order valence-electron chi connectivity index (χ1n) is 11.8. The van der Waals surface area contributed by atoms with Crippen molar-refractivity contribution >= 4 is 17.5 Å². The SMILES string of the molecule is Cc1cc(F)c(NC(=O)N2CC/C(=C/C(F)(F)F)C2)cc1-c1cc(OCCO)nc(N2CCOCC2)c1. The van der Waals surface area contributed by atoms with Gasteiger partial charge >= 0.3 is 12.2 Å². The maximum atomic E-state index is 14.8. The Labute approximate surface area is 211 Å². The summed E-state index contributed by atoms with van der Waals surface area (Å²) in [7, 11) is 0. The highest BCUT2D eigenvalue weighted by molar-refractivity contribution is 5.91. The lowest BCUT2D eigenvalue weighted by Crippen LogP contribution is -2.36. The van der Waals surface area contributed by atoms with Gasteiger partial charge in [0.1, 0.15) is 18.2 Å². The first kappa shape index (κ1) is 26.7. The standard InChI is InChI=1S/C25H28F4N4O4/c1-16-10-20(26)21(30-24(35)33-3-2-17(15-33)14-25(27,28)29)13-19(16)18-11-22(32-4-7-36-8-5-32)31-23(12-18)37-9-6-34/h10-14,34H,2-9,15H2,1H3,(H,30,35)/b17-14-. The minimum absolute atomic E-state index is 0.0450. The molecular formula is C25H28F4N4O4. The van der Waals surface area contributed by atoms with E-state index in [2.05, 4.69) is 10.3 Å². The van der Waals surface area contributed by atoms with Crippen LogP contribution in [-0.2, 0) is 4.74 Å². The van der Waals surface area contributed by atoms with Gasteiger partial charge in [-0.15, -0.1) is 0 Å². The quantitative estimate of drug-likeness (QED) is 0.437. The molecule has 2 aliphatic heterocycles. The zero-order chi connectivity index (χ0) is 26.6. The Morgan fingerprint density at radius 3 is 2.68 bits per heavy atom. The number of hydrogen-bond acceptors (Lipinski definition) is 6. The fourth-order valence-corrected chi connectivity index (χ4v) is 4.30. The third-order valence-electron chi connectivity index (χ3n) is 6.08. The Kier molecular flexibility index (Phi) is 8.18. The molecule has 0 spiro atoms. The number of halogens is 4. The Morgan fingerprint density at radius 1 is 1.22 bits per heavy atom. The Balaban J connectivity index is 1.60. The van der Waals surface area contributed by atoms with Crippen molar-refractivity contribution in [2.75, 3.05) is 62.8 Å². The minimum atomic E-state index is -4.45. The topological polar surface area (TPSA) is 87.2 Å². The van der Waals surface area contributed by atoms with Crippen molar-refractivity contribution in [3.05, 3.63) is 47.3 Å². The van der Waals surface area contributed by atoms with E-state index in [0.29, 0.717) is 48.8 Å². The molecule has 2 aliphatic rings. The molecular weight excluding hydrogens is 496 g/mol. The lowest BCUT2D eigenvalue weighted by Gasteiger charge is -2.28. The molecule has 1 aromatic carbocycles. The minimum Gasteiger partial charge on any atom is -0.475 e. The summed E-state index contributed by atoms with van der Waals surface area (Å²) in [4.78, 5) is 20.5. The molecule has 0 aliphatic carbocycles. The Bertz CT molecular complexity index is 1170. The summed E-state index contributed by atoms with van der Waals surface area (Å²) in [5, 5.41) is 11.7. The van der Waals surface area contributed by atoms with Crippen molar-refractivity contribution in [2.45, 2.75) is 19.5 Å². The number of benzene rings is 1. The van der Waals surface area contributed by atoms with E-state index in [9.17, 15) is 22.4 Å². The van der Waals surface area contributed by atoms with Crippen LogP contribution in [0.25, 0.3) is 11.1 Å². The number of aryl methyl sites for hydroxylation is 1. The second-order valence-electron chi connectivity index (χ2n) is 8.82. The summed E-state index contributed by atoms with van der Waals surface area (Å²) in [5.74, 6) is 0.242. The number of urea groups is 1. The van der Waals surface area contributed by atoms with Crippen LogP contribution in [0.5, 0.6) is 5.88 Å². The largest absolute Gasteiger partial charge is 0.475 e. The molecule has 2 amide bonds. The maximum absolute atomic E-state index is 14.8. The summed E-state index contributed by atoms with van der Waals surface area (Å²) in [6.07, 6.45) is -4.15. The number of aliphatic hydroxyl groups is 1. The molecule has 0 atom stereocenters. The molecule has 0 radical (unpaired) electrons. The molecule has 4 rings (SSSR count). The van der Waals surface area contributed by atoms with Gasteiger partial charge in [-0.25, -0.2) is 9.18 Å². The van der Waals surface area contributed by atoms with Crippen molar-refractivity contribution in [2.24, 2.45) is 0 Å². The summed E-state index contributed by atoms with van der Waals surface area (Å²) in [5.41, 5.74) is 1.87. The number of alkyl halides is 3. The predicted molar refractivity (Wildman–Crippen MR) is 129 cm³/mol. The number of aliphatic hydroxyl groups excluding tert-OH is 1. The van der Waals surface area contributed by atoms with E-state index in [1.165, 1.54) is 17.0 Å². The van der Waals surface area contributed by atoms with E-state index in [1.807, 2.05) is 11.0 Å². The van der Waals surface area contributed by atoms with Crippen LogP contribution in [0.1, 0.15) is 12.0 Å². The number of hydrogen-bond donors (Lipinski definition) is 2. The summed E-state index contributed by atoms with van der Waals surface area (Å²) < 4.78 is 63.7. The number of ether oxygens (including phenoxy) is 2. The molecule has 2 aromatic rings. The van der Waals surface area contributed by atoms with Gasteiger partial charge in [-0.2, -0.15) is 18.2 Å². The fraction of sp³-hybridized carbons (Fsp3) is 0.440. The summed E-state index contributed by atoms with van der Waals surface area (Å²) in [6, 6.07) is 5.58. The highest BCUT2D eigenvalue weighted by Gasteiger charge is 2.29. The molecule has 0 unspecified atom stereocenters. The van der Waals surface area contributed by atoms with Crippen LogP contribution in [0.4, 0.5) is 33.9 Å². The zero-order valence-electron chi connectivity index (χ0n) is 20.3. The number of nitrogens with one attached hydrogen (secondary N) is 1. The number of nitrogens with zero attached hydrogens (tertiary/aromatic N) is 3. The van der Waals surface area contributed by atoms with E-state index in [-0.39, 0.29) is 55.9 Å². The van der Waals surface area contributed by atoms with Crippen molar-refractivity contribution in [1.82, 2.24) is 9.88 Å². The Morgan fingerprint density at radius 2 is 1.97 bits per heavy atom. The second-order valence-corrected chi connectivity index (χ2v) is 8.82. The normalized spacial score (nSPS) is 17.4. The highest BCUT2D eigenvalue weighted by Crippen LogP contribution is 2.34. The van der Waals surface area contributed by atoms with Gasteiger partial charge in [0.05, 0.1) is 25.5 Å². The average Bonchev–Trinajstić information content (AvgIpc) is 3.31. The molecule has 37 heavy (non-hydrogen) atoms. The number of amides is 2. The van der Waals surface area contributed by atoms with Gasteiger partial charge in [0, 0.05) is 38.3 Å². The second kappa shape index (κ2) is 11.3. The van der Waals surface area contributed by atoms with Crippen LogP contribution in [0.3, 0.4) is 0 Å². The molecule has 0 saturated carbocycles. The van der Waals surface area contributed by atoms with E-state index >= 15 is 0 Å². The van der Waals surface area contributed by atoms with Crippen LogP contribution in [0.2, 0.25) is 0 Å². The van der Waals surface area contributed by atoms with Crippen LogP contribution < -0.4 is 15.0 Å². The molecule has 3 heterocycles. The number of carbonyl (C=O) groups excluding carboxylic acids is 1. The summed E-state index contributed by atoms with van der Waals surface area (Å²) in [6.45, 7) is 3.84. The predicted octanol–water partition coefficient (Wildman–Crippen LogP) is 4.13. The van der Waals surface area contributed by atoms with Crippen LogP contribution in [-0.4, -0.2) is 79.8 Å². The van der Waals surface area contributed by atoms with Gasteiger partial charge in [0.15, 0.2) is 0 Å². The number of likely N-dealkylation sites (tertiary alicyclic amines) is 1. The molecule has 8 nitrogen and oxygen atoms in total.